The molecular formula is C32H25F3N4O5. The predicted octanol–water partition coefficient (Wildman–Crippen LogP) is 6.22. The summed E-state index contributed by atoms with van der Waals surface area (Å²) >= 11 is 0. The van der Waals surface area contributed by atoms with Crippen LogP contribution < -0.4 is 9.47 Å². The van der Waals surface area contributed by atoms with Gasteiger partial charge in [-0.25, -0.2) is 19.2 Å². The number of nitrogens with zero attached hydrogens (tertiary/aromatic N) is 4. The lowest BCUT2D eigenvalue weighted by molar-refractivity contribution is -0.0508. The lowest BCUT2D eigenvalue weighted by Crippen LogP contribution is -2.10. The number of carboxylic acid groups (broad SMARTS) is 1. The van der Waals surface area contributed by atoms with Crippen LogP contribution in [0.3, 0.4) is 0 Å². The number of rotatable bonds is 12. The maximum Gasteiger partial charge on any atom is 0.387 e. The molecule has 0 bridgehead atoms. The van der Waals surface area contributed by atoms with Crippen molar-refractivity contribution in [2.45, 2.75) is 26.2 Å². The number of carboxylic acids is 1. The van der Waals surface area contributed by atoms with E-state index < -0.39 is 18.4 Å². The van der Waals surface area contributed by atoms with Crippen molar-refractivity contribution in [2.75, 3.05) is 13.7 Å². The minimum atomic E-state index is -3.07. The molecule has 0 radical (unpaired) electrons. The van der Waals surface area contributed by atoms with E-state index in [9.17, 15) is 18.7 Å². The average molecular weight is 603 g/mol. The zero-order valence-electron chi connectivity index (χ0n) is 23.3. The Bertz CT molecular complexity index is 1870. The number of imidazole rings is 1. The van der Waals surface area contributed by atoms with E-state index in [1.54, 1.807) is 43.5 Å². The van der Waals surface area contributed by atoms with E-state index in [1.807, 2.05) is 10.6 Å². The number of halogens is 3. The van der Waals surface area contributed by atoms with Crippen LogP contribution in [0.1, 0.15) is 32.9 Å². The van der Waals surface area contributed by atoms with E-state index in [1.165, 1.54) is 36.4 Å². The van der Waals surface area contributed by atoms with E-state index in [0.29, 0.717) is 52.4 Å². The first kappa shape index (κ1) is 30.1. The molecule has 0 fully saturated rings. The van der Waals surface area contributed by atoms with E-state index in [0.717, 1.165) is 0 Å². The van der Waals surface area contributed by atoms with Gasteiger partial charge in [0.2, 0.25) is 5.88 Å². The number of carbonyl (C=O) groups is 1. The third-order valence-corrected chi connectivity index (χ3v) is 6.80. The molecule has 5 rings (SSSR count). The number of benzene rings is 3. The highest BCUT2D eigenvalue weighted by atomic mass is 19.3. The van der Waals surface area contributed by atoms with E-state index in [2.05, 4.69) is 14.7 Å². The number of pyridine rings is 1. The van der Waals surface area contributed by atoms with Gasteiger partial charge in [-0.2, -0.15) is 14.0 Å². The lowest BCUT2D eigenvalue weighted by Gasteiger charge is -2.13. The predicted molar refractivity (Wildman–Crippen MR) is 153 cm³/mol. The molecule has 0 aliphatic heterocycles. The standard InChI is InChI=1S/C32H25F3N4O5/c1-42-12-11-39-27-15-22(31(40)41)9-10-26(27)37-29(39)16-20-7-8-21(14-24(20)33)25-3-2-4-30(38-25)43-18-23-6-5-19(17-36)13-28(23)44-32(34)35/h2-10,13-15,32H,11-12,16,18H2,1H3,(H,40,41). The molecule has 2 aromatic heterocycles. The summed E-state index contributed by atoms with van der Waals surface area (Å²) in [7, 11) is 1.56. The van der Waals surface area contributed by atoms with Gasteiger partial charge in [-0.3, -0.25) is 0 Å². The third kappa shape index (κ3) is 6.79. The quantitative estimate of drug-likeness (QED) is 0.179. The SMILES string of the molecule is COCCn1c(Cc2ccc(-c3cccc(OCc4ccc(C#N)cc4OC(F)F)n3)cc2F)nc2ccc(C(=O)O)cc21. The zero-order chi connectivity index (χ0) is 31.2. The number of nitriles is 1. The first-order valence-electron chi connectivity index (χ1n) is 13.3. The van der Waals surface area contributed by atoms with Gasteiger partial charge in [0.15, 0.2) is 0 Å². The maximum atomic E-state index is 15.4. The van der Waals surface area contributed by atoms with Gasteiger partial charge < -0.3 is 23.9 Å². The van der Waals surface area contributed by atoms with Gasteiger partial charge in [0.25, 0.3) is 0 Å². The van der Waals surface area contributed by atoms with Crippen molar-refractivity contribution in [3.63, 3.8) is 0 Å². The number of methoxy groups -OCH3 is 1. The van der Waals surface area contributed by atoms with E-state index in [4.69, 9.17) is 14.7 Å². The van der Waals surface area contributed by atoms with Crippen LogP contribution >= 0.6 is 0 Å². The average Bonchev–Trinajstić information content (AvgIpc) is 3.36. The van der Waals surface area contributed by atoms with Gasteiger partial charge in [0, 0.05) is 37.3 Å². The van der Waals surface area contributed by atoms with Gasteiger partial charge in [-0.1, -0.05) is 24.3 Å². The Morgan fingerprint density at radius 1 is 1.05 bits per heavy atom. The minimum absolute atomic E-state index is 0.121. The Kier molecular flexibility index (Phi) is 9.06. The van der Waals surface area contributed by atoms with Crippen LogP contribution in [0.4, 0.5) is 13.2 Å². The Morgan fingerprint density at radius 3 is 2.59 bits per heavy atom. The molecule has 2 heterocycles. The van der Waals surface area contributed by atoms with Crippen LogP contribution in [0, 0.1) is 17.1 Å². The topological polar surface area (TPSA) is 119 Å². The molecule has 0 aliphatic carbocycles. The highest BCUT2D eigenvalue weighted by Crippen LogP contribution is 2.27. The summed E-state index contributed by atoms with van der Waals surface area (Å²) in [5.41, 5.74) is 3.06. The molecule has 0 amide bonds. The molecule has 0 saturated carbocycles. The van der Waals surface area contributed by atoms with Crippen molar-refractivity contribution in [1.82, 2.24) is 14.5 Å². The number of fused-ring (bicyclic) bond motifs is 1. The Balaban J connectivity index is 1.36. The second-order valence-corrected chi connectivity index (χ2v) is 9.63. The Morgan fingerprint density at radius 2 is 1.86 bits per heavy atom. The van der Waals surface area contributed by atoms with Crippen molar-refractivity contribution >= 4 is 17.0 Å². The molecule has 1 N–H and O–H groups in total. The lowest BCUT2D eigenvalue weighted by atomic mass is 10.1. The van der Waals surface area contributed by atoms with Crippen LogP contribution in [0.2, 0.25) is 0 Å². The normalized spacial score (nSPS) is 11.1. The molecule has 0 saturated heterocycles. The van der Waals surface area contributed by atoms with Gasteiger partial charge in [-0.05, 0) is 48.0 Å². The molecule has 12 heteroatoms. The first-order valence-corrected chi connectivity index (χ1v) is 13.3. The van der Waals surface area contributed by atoms with Crippen LogP contribution in [-0.2, 0) is 24.3 Å². The van der Waals surface area contributed by atoms with E-state index >= 15 is 4.39 Å². The van der Waals surface area contributed by atoms with Gasteiger partial charge >= 0.3 is 12.6 Å². The summed E-state index contributed by atoms with van der Waals surface area (Å²) in [5.74, 6) is -0.994. The molecule has 0 atom stereocenters. The first-order chi connectivity index (χ1) is 21.2. The summed E-state index contributed by atoms with van der Waals surface area (Å²) < 4.78 is 58.4. The number of alkyl halides is 2. The molecule has 0 aliphatic rings. The Labute approximate surface area is 249 Å². The van der Waals surface area contributed by atoms with Gasteiger partial charge in [-0.15, -0.1) is 0 Å². The van der Waals surface area contributed by atoms with Crippen molar-refractivity contribution in [3.8, 4) is 29.0 Å². The van der Waals surface area contributed by atoms with Crippen LogP contribution in [0.15, 0.2) is 72.8 Å². The molecule has 5 aromatic rings. The van der Waals surface area contributed by atoms with Crippen molar-refractivity contribution < 1.29 is 37.3 Å². The molecule has 3 aromatic carbocycles. The number of aromatic nitrogens is 3. The van der Waals surface area contributed by atoms with Gasteiger partial charge in [0.1, 0.15) is 24.0 Å². The van der Waals surface area contributed by atoms with Crippen molar-refractivity contribution in [2.24, 2.45) is 0 Å². The third-order valence-electron chi connectivity index (χ3n) is 6.80. The van der Waals surface area contributed by atoms with Gasteiger partial charge in [0.05, 0.1) is 40.5 Å². The highest BCUT2D eigenvalue weighted by molar-refractivity contribution is 5.92. The largest absolute Gasteiger partial charge is 0.478 e. The van der Waals surface area contributed by atoms with E-state index in [-0.39, 0.29) is 35.8 Å². The second-order valence-electron chi connectivity index (χ2n) is 9.63. The number of aromatic carboxylic acids is 1. The summed E-state index contributed by atoms with van der Waals surface area (Å²) in [6.07, 6.45) is 0.150. The summed E-state index contributed by atoms with van der Waals surface area (Å²) in [5, 5.41) is 18.5. The zero-order valence-corrected chi connectivity index (χ0v) is 23.3. The van der Waals surface area contributed by atoms with Crippen LogP contribution in [-0.4, -0.2) is 45.9 Å². The molecular weight excluding hydrogens is 577 g/mol. The Hall–Kier alpha value is -5.41. The van der Waals surface area contributed by atoms with Crippen LogP contribution in [0.5, 0.6) is 11.6 Å². The molecule has 0 spiro atoms. The fourth-order valence-corrected chi connectivity index (χ4v) is 4.65. The molecule has 9 nitrogen and oxygen atoms in total. The fourth-order valence-electron chi connectivity index (χ4n) is 4.65. The number of hydrogen-bond acceptors (Lipinski definition) is 7. The van der Waals surface area contributed by atoms with Crippen molar-refractivity contribution in [3.05, 3.63) is 107 Å². The number of hydrogen-bond donors (Lipinski definition) is 1. The monoisotopic (exact) mass is 602 g/mol. The number of ether oxygens (including phenoxy) is 3. The summed E-state index contributed by atoms with van der Waals surface area (Å²) in [4.78, 5) is 20.5. The second kappa shape index (κ2) is 13.3. The summed E-state index contributed by atoms with van der Waals surface area (Å²) in [6, 6.07) is 20.3. The molecule has 224 valence electrons. The molecule has 44 heavy (non-hydrogen) atoms. The smallest absolute Gasteiger partial charge is 0.387 e. The fraction of sp³-hybridized carbons (Fsp3) is 0.188. The minimum Gasteiger partial charge on any atom is -0.478 e. The maximum absolute atomic E-state index is 15.4. The highest BCUT2D eigenvalue weighted by Gasteiger charge is 2.17. The van der Waals surface area contributed by atoms with Crippen molar-refractivity contribution in [1.29, 1.82) is 5.26 Å². The van der Waals surface area contributed by atoms with Crippen LogP contribution in [0.25, 0.3) is 22.3 Å². The summed E-state index contributed by atoms with van der Waals surface area (Å²) in [6.45, 7) is -2.47. The molecule has 0 unspecified atom stereocenters.